The van der Waals surface area contributed by atoms with Crippen molar-refractivity contribution in [1.29, 1.82) is 0 Å². The molecule has 0 atom stereocenters. The van der Waals surface area contributed by atoms with E-state index in [0.29, 0.717) is 5.02 Å². The van der Waals surface area contributed by atoms with Gasteiger partial charge in [-0.2, -0.15) is 4.31 Å². The minimum absolute atomic E-state index is 0.0309. The van der Waals surface area contributed by atoms with Gasteiger partial charge >= 0.3 is 5.97 Å². The van der Waals surface area contributed by atoms with Crippen LogP contribution in [0.4, 0.5) is 0 Å². The average molecular weight is 322 g/mol. The second-order valence-corrected chi connectivity index (χ2v) is 6.28. The number of benzene rings is 1. The zero-order chi connectivity index (χ0) is 15.3. The number of nitrogens with zero attached hydrogens (tertiary/aromatic N) is 1. The fraction of sp³-hybridized carbons (Fsp3) is 0.417. The molecule has 1 aromatic rings. The molecule has 0 saturated carbocycles. The Balaban J connectivity index is 3.16. The summed E-state index contributed by atoms with van der Waals surface area (Å²) in [6.07, 6.45) is -0.261. The van der Waals surface area contributed by atoms with Crippen molar-refractivity contribution in [2.75, 3.05) is 20.2 Å². The van der Waals surface area contributed by atoms with E-state index in [9.17, 15) is 13.2 Å². The third kappa shape index (κ3) is 3.84. The van der Waals surface area contributed by atoms with Crippen molar-refractivity contribution in [1.82, 2.24) is 4.31 Å². The van der Waals surface area contributed by atoms with Crippen molar-refractivity contribution < 1.29 is 23.1 Å². The van der Waals surface area contributed by atoms with Crippen LogP contribution in [0.15, 0.2) is 23.1 Å². The Morgan fingerprint density at radius 3 is 2.60 bits per heavy atom. The van der Waals surface area contributed by atoms with Crippen molar-refractivity contribution >= 4 is 27.6 Å². The van der Waals surface area contributed by atoms with E-state index >= 15 is 0 Å². The molecule has 112 valence electrons. The van der Waals surface area contributed by atoms with Crippen LogP contribution in [0.3, 0.4) is 0 Å². The Morgan fingerprint density at radius 2 is 2.10 bits per heavy atom. The predicted molar refractivity (Wildman–Crippen MR) is 74.7 cm³/mol. The first-order valence-electron chi connectivity index (χ1n) is 5.88. The number of sulfonamides is 1. The maximum atomic E-state index is 12.5. The Morgan fingerprint density at radius 1 is 1.45 bits per heavy atom. The first kappa shape index (κ1) is 16.7. The van der Waals surface area contributed by atoms with Crippen molar-refractivity contribution in [3.05, 3.63) is 23.2 Å². The molecule has 1 rings (SSSR count). The molecule has 20 heavy (non-hydrogen) atoms. The van der Waals surface area contributed by atoms with Crippen LogP contribution in [0, 0.1) is 0 Å². The average Bonchev–Trinajstić information content (AvgIpc) is 2.38. The summed E-state index contributed by atoms with van der Waals surface area (Å²) < 4.78 is 31.1. The lowest BCUT2D eigenvalue weighted by Crippen LogP contribution is -2.33. The van der Waals surface area contributed by atoms with Gasteiger partial charge in [0.05, 0.1) is 13.5 Å². The quantitative estimate of drug-likeness (QED) is 0.828. The largest absolute Gasteiger partial charge is 0.495 e. The lowest BCUT2D eigenvalue weighted by Gasteiger charge is -2.21. The first-order valence-corrected chi connectivity index (χ1v) is 7.70. The van der Waals surface area contributed by atoms with Gasteiger partial charge in [0.1, 0.15) is 10.6 Å². The van der Waals surface area contributed by atoms with Gasteiger partial charge in [0.15, 0.2) is 0 Å². The third-order valence-corrected chi connectivity index (χ3v) is 4.92. The zero-order valence-electron chi connectivity index (χ0n) is 11.2. The highest BCUT2D eigenvalue weighted by molar-refractivity contribution is 7.89. The molecule has 1 N–H and O–H groups in total. The zero-order valence-corrected chi connectivity index (χ0v) is 12.7. The molecule has 0 bridgehead atoms. The summed E-state index contributed by atoms with van der Waals surface area (Å²) in [6, 6.07) is 4.20. The normalized spacial score (nSPS) is 11.6. The summed E-state index contributed by atoms with van der Waals surface area (Å²) in [5.41, 5.74) is 0. The van der Waals surface area contributed by atoms with E-state index in [1.807, 2.05) is 0 Å². The maximum absolute atomic E-state index is 12.5. The molecule has 8 heteroatoms. The maximum Gasteiger partial charge on any atom is 0.304 e. The standard InChI is InChI=1S/C12H16ClNO5S/c1-3-14(7-6-12(15)16)20(17,18)11-5-4-9(13)8-10(11)19-2/h4-5,8H,3,6-7H2,1-2H3,(H,15,16). The van der Waals surface area contributed by atoms with Gasteiger partial charge in [-0.1, -0.05) is 18.5 Å². The van der Waals surface area contributed by atoms with Crippen LogP contribution in [0.5, 0.6) is 5.75 Å². The summed E-state index contributed by atoms with van der Waals surface area (Å²) in [5.74, 6) is -0.923. The van der Waals surface area contributed by atoms with Crippen molar-refractivity contribution in [3.8, 4) is 5.75 Å². The van der Waals surface area contributed by atoms with Crippen LogP contribution in [0.2, 0.25) is 5.02 Å². The van der Waals surface area contributed by atoms with Crippen LogP contribution >= 0.6 is 11.6 Å². The number of aliphatic carboxylic acids is 1. The molecule has 0 amide bonds. The number of ether oxygens (including phenoxy) is 1. The van der Waals surface area contributed by atoms with E-state index in [-0.39, 0.29) is 30.2 Å². The predicted octanol–water partition coefficient (Wildman–Crippen LogP) is 1.83. The molecule has 0 unspecified atom stereocenters. The Labute approximate surface area is 123 Å². The summed E-state index contributed by atoms with van der Waals surface area (Å²) in [4.78, 5) is 10.6. The first-order chi connectivity index (χ1) is 9.32. The Kier molecular flexibility index (Phi) is 5.79. The summed E-state index contributed by atoms with van der Waals surface area (Å²) in [5, 5.41) is 9.02. The molecule has 0 aromatic heterocycles. The number of hydrogen-bond donors (Lipinski definition) is 1. The van der Waals surface area contributed by atoms with Crippen LogP contribution in [-0.4, -0.2) is 44.0 Å². The van der Waals surface area contributed by atoms with Gasteiger partial charge < -0.3 is 9.84 Å². The van der Waals surface area contributed by atoms with E-state index in [1.54, 1.807) is 6.92 Å². The molecule has 0 spiro atoms. The van der Waals surface area contributed by atoms with Gasteiger partial charge in [0.25, 0.3) is 0 Å². The number of halogens is 1. The molecule has 6 nitrogen and oxygen atoms in total. The number of methoxy groups -OCH3 is 1. The fourth-order valence-electron chi connectivity index (χ4n) is 1.66. The van der Waals surface area contributed by atoms with Crippen molar-refractivity contribution in [2.45, 2.75) is 18.2 Å². The van der Waals surface area contributed by atoms with Gasteiger partial charge in [-0.05, 0) is 12.1 Å². The fourth-order valence-corrected chi connectivity index (χ4v) is 3.41. The van der Waals surface area contributed by atoms with E-state index in [4.69, 9.17) is 21.4 Å². The molecule has 0 aliphatic carbocycles. The molecule has 0 aliphatic rings. The number of carboxylic acids is 1. The second-order valence-electron chi connectivity index (χ2n) is 3.94. The van der Waals surface area contributed by atoms with Gasteiger partial charge in [-0.15, -0.1) is 0 Å². The van der Waals surface area contributed by atoms with Crippen molar-refractivity contribution in [2.24, 2.45) is 0 Å². The van der Waals surface area contributed by atoms with Crippen LogP contribution in [-0.2, 0) is 14.8 Å². The lowest BCUT2D eigenvalue weighted by molar-refractivity contribution is -0.137. The molecule has 0 heterocycles. The highest BCUT2D eigenvalue weighted by Gasteiger charge is 2.27. The number of hydrogen-bond acceptors (Lipinski definition) is 4. The van der Waals surface area contributed by atoms with E-state index in [2.05, 4.69) is 0 Å². The molecule has 1 aromatic carbocycles. The Hall–Kier alpha value is -1.31. The topological polar surface area (TPSA) is 83.9 Å². The summed E-state index contributed by atoms with van der Waals surface area (Å²) >= 11 is 5.80. The molecule has 0 aliphatic heterocycles. The van der Waals surface area contributed by atoms with Crippen LogP contribution in [0.1, 0.15) is 13.3 Å². The SMILES string of the molecule is CCN(CCC(=O)O)S(=O)(=O)c1ccc(Cl)cc1OC. The lowest BCUT2D eigenvalue weighted by atomic mass is 10.3. The highest BCUT2D eigenvalue weighted by atomic mass is 35.5. The van der Waals surface area contributed by atoms with Crippen LogP contribution in [0.25, 0.3) is 0 Å². The Bertz CT molecular complexity index is 588. The van der Waals surface area contributed by atoms with E-state index in [0.717, 1.165) is 4.31 Å². The minimum atomic E-state index is -3.82. The van der Waals surface area contributed by atoms with Gasteiger partial charge in [-0.3, -0.25) is 4.79 Å². The number of carboxylic acid groups (broad SMARTS) is 1. The smallest absolute Gasteiger partial charge is 0.304 e. The number of rotatable bonds is 7. The molecular formula is C12H16ClNO5S. The molecule has 0 radical (unpaired) electrons. The minimum Gasteiger partial charge on any atom is -0.495 e. The number of carbonyl (C=O) groups is 1. The summed E-state index contributed by atoms with van der Waals surface area (Å²) in [6.45, 7) is 1.71. The van der Waals surface area contributed by atoms with Gasteiger partial charge in [0, 0.05) is 24.2 Å². The van der Waals surface area contributed by atoms with Crippen molar-refractivity contribution in [3.63, 3.8) is 0 Å². The van der Waals surface area contributed by atoms with E-state index in [1.165, 1.54) is 25.3 Å². The highest BCUT2D eigenvalue weighted by Crippen LogP contribution is 2.29. The van der Waals surface area contributed by atoms with E-state index < -0.39 is 16.0 Å². The van der Waals surface area contributed by atoms with Gasteiger partial charge in [0.2, 0.25) is 10.0 Å². The van der Waals surface area contributed by atoms with Crippen LogP contribution < -0.4 is 4.74 Å². The molecular weight excluding hydrogens is 306 g/mol. The molecule has 0 fully saturated rings. The second kappa shape index (κ2) is 6.92. The van der Waals surface area contributed by atoms with Gasteiger partial charge in [-0.25, -0.2) is 8.42 Å². The monoisotopic (exact) mass is 321 g/mol. The molecule has 0 saturated heterocycles. The summed E-state index contributed by atoms with van der Waals surface area (Å²) in [7, 11) is -2.47. The third-order valence-electron chi connectivity index (χ3n) is 2.67.